The molecule has 0 saturated heterocycles. The van der Waals surface area contributed by atoms with E-state index < -0.39 is 35.2 Å². The predicted octanol–water partition coefficient (Wildman–Crippen LogP) is 5.97. The Kier molecular flexibility index (Phi) is 7.97. The smallest absolute Gasteiger partial charge is 0.408 e. The first-order chi connectivity index (χ1) is 17.1. The summed E-state index contributed by atoms with van der Waals surface area (Å²) in [5.41, 5.74) is 1.94. The van der Waals surface area contributed by atoms with E-state index >= 15 is 0 Å². The minimum Gasteiger partial charge on any atom is -0.496 e. The van der Waals surface area contributed by atoms with Crippen molar-refractivity contribution in [3.63, 3.8) is 0 Å². The third-order valence-electron chi connectivity index (χ3n) is 8.06. The Morgan fingerprint density at radius 2 is 1.65 bits per heavy atom. The summed E-state index contributed by atoms with van der Waals surface area (Å²) in [7, 11) is 3.38. The zero-order valence-electron chi connectivity index (χ0n) is 24.4. The van der Waals surface area contributed by atoms with Crippen LogP contribution in [0.5, 0.6) is 11.5 Å². The summed E-state index contributed by atoms with van der Waals surface area (Å²) in [4.78, 5) is 26.1. The normalized spacial score (nSPS) is 25.2. The largest absolute Gasteiger partial charge is 0.496 e. The van der Waals surface area contributed by atoms with E-state index in [1.54, 1.807) is 35.0 Å². The number of benzene rings is 1. The van der Waals surface area contributed by atoms with Crippen molar-refractivity contribution >= 4 is 12.1 Å². The van der Waals surface area contributed by atoms with Crippen molar-refractivity contribution < 1.29 is 28.5 Å². The van der Waals surface area contributed by atoms with E-state index in [4.69, 9.17) is 18.9 Å². The molecule has 37 heavy (non-hydrogen) atoms. The Bertz CT molecular complexity index is 1070. The highest BCUT2D eigenvalue weighted by Gasteiger charge is 2.57. The Hall–Kier alpha value is -2.70. The molecule has 0 heterocycles. The minimum atomic E-state index is -0.829. The predicted molar refractivity (Wildman–Crippen MR) is 144 cm³/mol. The van der Waals surface area contributed by atoms with Crippen molar-refractivity contribution in [1.29, 1.82) is 0 Å². The average Bonchev–Trinajstić information content (AvgIpc) is 2.77. The number of nitrogens with one attached hydrogen (secondary N) is 1. The summed E-state index contributed by atoms with van der Waals surface area (Å²) in [6.45, 7) is 17.9. The van der Waals surface area contributed by atoms with Gasteiger partial charge in [-0.25, -0.2) is 9.59 Å². The average molecular weight is 516 g/mol. The van der Waals surface area contributed by atoms with Gasteiger partial charge in [0, 0.05) is 16.5 Å². The van der Waals surface area contributed by atoms with Gasteiger partial charge in [-0.1, -0.05) is 40.7 Å². The molecule has 1 amide bonds. The monoisotopic (exact) mass is 515 g/mol. The maximum atomic E-state index is 13.6. The number of allylic oxidation sites excluding steroid dienone is 1. The molecule has 4 atom stereocenters. The maximum Gasteiger partial charge on any atom is 0.408 e. The van der Waals surface area contributed by atoms with Crippen LogP contribution in [0, 0.1) is 17.3 Å². The summed E-state index contributed by atoms with van der Waals surface area (Å²) in [6.07, 6.45) is 2.64. The molecule has 0 saturated carbocycles. The number of hydrogen-bond donors (Lipinski definition) is 1. The molecule has 1 aromatic rings. The van der Waals surface area contributed by atoms with Gasteiger partial charge in [-0.05, 0) is 75.5 Å². The summed E-state index contributed by atoms with van der Waals surface area (Å²) in [6, 6.07) is 3.09. The molecular formula is C30H45NO6. The number of hydrogen-bond acceptors (Lipinski definition) is 6. The highest BCUT2D eigenvalue weighted by Crippen LogP contribution is 2.60. The van der Waals surface area contributed by atoms with Crippen LogP contribution >= 0.6 is 0 Å². The number of methoxy groups -OCH3 is 2. The summed E-state index contributed by atoms with van der Waals surface area (Å²) >= 11 is 0. The van der Waals surface area contributed by atoms with Gasteiger partial charge in [0.2, 0.25) is 0 Å². The summed E-state index contributed by atoms with van der Waals surface area (Å²) < 4.78 is 23.3. The van der Waals surface area contributed by atoms with Crippen LogP contribution in [-0.2, 0) is 26.1 Å². The van der Waals surface area contributed by atoms with Gasteiger partial charge in [0.15, 0.2) is 0 Å². The van der Waals surface area contributed by atoms with Crippen molar-refractivity contribution in [3.05, 3.63) is 34.9 Å². The molecule has 2 aliphatic rings. The second kappa shape index (κ2) is 10.2. The topological polar surface area (TPSA) is 83.1 Å². The van der Waals surface area contributed by atoms with E-state index in [1.165, 1.54) is 0 Å². The number of carbonyl (C=O) groups is 2. The van der Waals surface area contributed by atoms with Crippen LogP contribution in [0.25, 0.3) is 0 Å². The Balaban J connectivity index is 1.99. The molecule has 0 aromatic heterocycles. The number of ether oxygens (including phenoxy) is 4. The van der Waals surface area contributed by atoms with Crippen LogP contribution in [0.2, 0.25) is 0 Å². The van der Waals surface area contributed by atoms with E-state index in [0.717, 1.165) is 34.6 Å². The molecule has 0 spiro atoms. The molecule has 2 unspecified atom stereocenters. The Labute approximate surface area is 222 Å². The lowest BCUT2D eigenvalue weighted by Crippen LogP contribution is -2.57. The SMILES string of the molecule is COc1ccc(OC)c2c1C[C@]1(C)C(OC(=O)C(NC(=O)OC(C)(C)C)C(C)C)C(C)=CC[C@H]1C2(C)C. The van der Waals surface area contributed by atoms with Crippen LogP contribution < -0.4 is 14.8 Å². The molecule has 1 aromatic carbocycles. The van der Waals surface area contributed by atoms with Gasteiger partial charge in [0.05, 0.1) is 14.2 Å². The summed E-state index contributed by atoms with van der Waals surface area (Å²) in [5.74, 6) is 1.22. The minimum absolute atomic E-state index is 0.177. The van der Waals surface area contributed by atoms with E-state index in [-0.39, 0.29) is 17.3 Å². The second-order valence-corrected chi connectivity index (χ2v) is 12.6. The van der Waals surface area contributed by atoms with Gasteiger partial charge in [0.1, 0.15) is 29.2 Å². The molecule has 1 N–H and O–H groups in total. The van der Waals surface area contributed by atoms with E-state index in [2.05, 4.69) is 32.2 Å². The van der Waals surface area contributed by atoms with Crippen LogP contribution in [0.4, 0.5) is 4.79 Å². The highest BCUT2D eigenvalue weighted by atomic mass is 16.6. The third kappa shape index (κ3) is 5.46. The quantitative estimate of drug-likeness (QED) is 0.371. The van der Waals surface area contributed by atoms with E-state index in [1.807, 2.05) is 32.9 Å². The highest BCUT2D eigenvalue weighted by molar-refractivity contribution is 5.82. The first kappa shape index (κ1) is 28.9. The van der Waals surface area contributed by atoms with Crippen molar-refractivity contribution in [3.8, 4) is 11.5 Å². The van der Waals surface area contributed by atoms with Crippen LogP contribution in [-0.4, -0.2) is 44.0 Å². The van der Waals surface area contributed by atoms with Crippen molar-refractivity contribution in [2.75, 3.05) is 14.2 Å². The lowest BCUT2D eigenvalue weighted by molar-refractivity contribution is -0.162. The standard InChI is InChI=1S/C30H45NO6/c1-17(2)24(31-27(33)37-28(4,5)6)26(32)36-25-18(3)12-15-22-29(7,8)23-19(16-30(22,25)9)20(34-10)13-14-21(23)35-11/h12-14,17,22,24-25H,15-16H2,1-11H3,(H,31,33)/t22-,24?,25?,30-/m0/s1. The molecule has 3 rings (SSSR count). The van der Waals surface area contributed by atoms with Crippen molar-refractivity contribution in [2.45, 2.75) is 98.3 Å². The van der Waals surface area contributed by atoms with Gasteiger partial charge < -0.3 is 24.3 Å². The van der Waals surface area contributed by atoms with Crippen LogP contribution in [0.1, 0.15) is 79.9 Å². The fraction of sp³-hybridized carbons (Fsp3) is 0.667. The lowest BCUT2D eigenvalue weighted by atomic mass is 9.49. The first-order valence-corrected chi connectivity index (χ1v) is 13.2. The molecule has 0 radical (unpaired) electrons. The zero-order chi connectivity index (χ0) is 27.9. The zero-order valence-corrected chi connectivity index (χ0v) is 24.4. The Morgan fingerprint density at radius 3 is 2.19 bits per heavy atom. The van der Waals surface area contributed by atoms with Crippen molar-refractivity contribution in [2.24, 2.45) is 17.3 Å². The van der Waals surface area contributed by atoms with Crippen LogP contribution in [0.15, 0.2) is 23.8 Å². The number of carbonyl (C=O) groups excluding carboxylic acids is 2. The van der Waals surface area contributed by atoms with Gasteiger partial charge in [-0.3, -0.25) is 0 Å². The van der Waals surface area contributed by atoms with Gasteiger partial charge in [-0.2, -0.15) is 0 Å². The number of alkyl carbamates (subject to hydrolysis) is 1. The first-order valence-electron chi connectivity index (χ1n) is 13.2. The molecule has 0 aliphatic heterocycles. The summed E-state index contributed by atoms with van der Waals surface area (Å²) in [5, 5.41) is 2.74. The van der Waals surface area contributed by atoms with Gasteiger partial charge in [-0.15, -0.1) is 0 Å². The molecule has 7 heteroatoms. The molecule has 0 fully saturated rings. The molecule has 0 bridgehead atoms. The van der Waals surface area contributed by atoms with Gasteiger partial charge in [0.25, 0.3) is 0 Å². The number of esters is 1. The van der Waals surface area contributed by atoms with E-state index in [9.17, 15) is 9.59 Å². The fourth-order valence-corrected chi connectivity index (χ4v) is 6.47. The fourth-order valence-electron chi connectivity index (χ4n) is 6.47. The third-order valence-corrected chi connectivity index (χ3v) is 8.06. The molecule has 2 aliphatic carbocycles. The second-order valence-electron chi connectivity index (χ2n) is 12.6. The molecule has 206 valence electrons. The number of amides is 1. The van der Waals surface area contributed by atoms with E-state index in [0.29, 0.717) is 6.42 Å². The molecule has 7 nitrogen and oxygen atoms in total. The number of fused-ring (bicyclic) bond motifs is 2. The lowest BCUT2D eigenvalue weighted by Gasteiger charge is -2.56. The van der Waals surface area contributed by atoms with Crippen LogP contribution in [0.3, 0.4) is 0 Å². The Morgan fingerprint density at radius 1 is 1.05 bits per heavy atom. The van der Waals surface area contributed by atoms with Crippen molar-refractivity contribution in [1.82, 2.24) is 5.32 Å². The van der Waals surface area contributed by atoms with Gasteiger partial charge >= 0.3 is 12.1 Å². The number of rotatable bonds is 6. The maximum absolute atomic E-state index is 13.6. The molecular weight excluding hydrogens is 470 g/mol.